The first-order chi connectivity index (χ1) is 9.31. The second-order valence-electron chi connectivity index (χ2n) is 6.07. The van der Waals surface area contributed by atoms with E-state index in [1.807, 2.05) is 0 Å². The van der Waals surface area contributed by atoms with E-state index < -0.39 is 0 Å². The number of hydrazine groups is 2. The zero-order chi connectivity index (χ0) is 13.1. The van der Waals surface area contributed by atoms with Crippen LogP contribution in [-0.2, 0) is 4.74 Å². The predicted octanol–water partition coefficient (Wildman–Crippen LogP) is 1.06. The molecule has 0 bridgehead atoms. The summed E-state index contributed by atoms with van der Waals surface area (Å²) in [6, 6.07) is 0. The van der Waals surface area contributed by atoms with Crippen molar-refractivity contribution < 1.29 is 4.74 Å². The summed E-state index contributed by atoms with van der Waals surface area (Å²) in [6.07, 6.45) is 7.77. The van der Waals surface area contributed by atoms with Gasteiger partial charge in [-0.15, -0.1) is 5.53 Å². The summed E-state index contributed by atoms with van der Waals surface area (Å²) in [4.78, 5) is 2.47. The van der Waals surface area contributed by atoms with Crippen molar-refractivity contribution in [1.82, 2.24) is 20.9 Å². The molecule has 19 heavy (non-hydrogen) atoms. The number of fused-ring (bicyclic) bond motifs is 1. The van der Waals surface area contributed by atoms with E-state index in [9.17, 15) is 0 Å². The van der Waals surface area contributed by atoms with E-state index in [2.05, 4.69) is 34.0 Å². The molecule has 2 heterocycles. The molecular weight excluding hydrogens is 240 g/mol. The first-order valence-electron chi connectivity index (χ1n) is 7.63. The molecule has 0 aromatic rings. The van der Waals surface area contributed by atoms with Crippen molar-refractivity contribution in [1.29, 1.82) is 0 Å². The highest BCUT2D eigenvalue weighted by molar-refractivity contribution is 5.07. The van der Waals surface area contributed by atoms with Crippen LogP contribution in [0.4, 0.5) is 0 Å². The molecule has 3 aliphatic rings. The summed E-state index contributed by atoms with van der Waals surface area (Å²) >= 11 is 0. The standard InChI is InChI=1S/C14H26N4O/c1-12-2-4-14(5-3-12)19-9-8-17-6-7-18-13(11-17)10-15-16-18/h10,12,14-16H,2-9,11H2,1H3. The maximum Gasteiger partial charge on any atom is 0.0623 e. The molecule has 0 unspecified atom stereocenters. The summed E-state index contributed by atoms with van der Waals surface area (Å²) < 4.78 is 6.04. The van der Waals surface area contributed by atoms with Crippen LogP contribution in [0.25, 0.3) is 0 Å². The van der Waals surface area contributed by atoms with Gasteiger partial charge in [-0.2, -0.15) is 0 Å². The SMILES string of the molecule is CC1CCC(OCCN2CCN3NNC=C3C2)CC1. The van der Waals surface area contributed by atoms with Crippen LogP contribution in [0.5, 0.6) is 0 Å². The van der Waals surface area contributed by atoms with Gasteiger partial charge < -0.3 is 10.2 Å². The minimum Gasteiger partial charge on any atom is -0.377 e. The van der Waals surface area contributed by atoms with Gasteiger partial charge in [-0.1, -0.05) is 6.92 Å². The third-order valence-electron chi connectivity index (χ3n) is 4.53. The molecular formula is C14H26N4O. The van der Waals surface area contributed by atoms with Gasteiger partial charge in [0.05, 0.1) is 18.4 Å². The fourth-order valence-corrected chi connectivity index (χ4v) is 3.16. The Bertz CT molecular complexity index is 325. The van der Waals surface area contributed by atoms with Crippen LogP contribution in [0.1, 0.15) is 32.6 Å². The topological polar surface area (TPSA) is 39.8 Å². The van der Waals surface area contributed by atoms with E-state index in [0.717, 1.165) is 38.7 Å². The zero-order valence-corrected chi connectivity index (χ0v) is 11.9. The molecule has 5 heteroatoms. The van der Waals surface area contributed by atoms with E-state index in [4.69, 9.17) is 4.74 Å². The quantitative estimate of drug-likeness (QED) is 0.796. The molecule has 0 radical (unpaired) electrons. The summed E-state index contributed by atoms with van der Waals surface area (Å²) in [5.74, 6) is 0.905. The van der Waals surface area contributed by atoms with Crippen LogP contribution in [0.3, 0.4) is 0 Å². The van der Waals surface area contributed by atoms with Crippen molar-refractivity contribution in [2.45, 2.75) is 38.7 Å². The second-order valence-corrected chi connectivity index (χ2v) is 6.07. The lowest BCUT2D eigenvalue weighted by atomic mass is 9.89. The van der Waals surface area contributed by atoms with E-state index in [0.29, 0.717) is 6.10 Å². The monoisotopic (exact) mass is 266 g/mol. The number of ether oxygens (including phenoxy) is 1. The second kappa shape index (κ2) is 6.11. The maximum atomic E-state index is 6.04. The van der Waals surface area contributed by atoms with Crippen LogP contribution in [-0.4, -0.2) is 48.8 Å². The molecule has 2 aliphatic heterocycles. The van der Waals surface area contributed by atoms with Gasteiger partial charge in [0, 0.05) is 32.4 Å². The van der Waals surface area contributed by atoms with Gasteiger partial charge in [0.1, 0.15) is 0 Å². The van der Waals surface area contributed by atoms with Crippen LogP contribution in [0.2, 0.25) is 0 Å². The molecule has 1 aliphatic carbocycles. The number of hydrogen-bond acceptors (Lipinski definition) is 5. The van der Waals surface area contributed by atoms with E-state index in [1.54, 1.807) is 0 Å². The Morgan fingerprint density at radius 2 is 2.11 bits per heavy atom. The predicted molar refractivity (Wildman–Crippen MR) is 74.9 cm³/mol. The van der Waals surface area contributed by atoms with Crippen LogP contribution in [0.15, 0.2) is 11.9 Å². The molecule has 0 atom stereocenters. The summed E-state index contributed by atoms with van der Waals surface area (Å²) in [5.41, 5.74) is 7.51. The number of rotatable bonds is 4. The Morgan fingerprint density at radius 3 is 2.95 bits per heavy atom. The number of nitrogens with one attached hydrogen (secondary N) is 2. The molecule has 0 aromatic carbocycles. The van der Waals surface area contributed by atoms with Gasteiger partial charge in [-0.25, -0.2) is 0 Å². The lowest BCUT2D eigenvalue weighted by molar-refractivity contribution is 0.00493. The Balaban J connectivity index is 1.34. The van der Waals surface area contributed by atoms with Crippen molar-refractivity contribution >= 4 is 0 Å². The summed E-state index contributed by atoms with van der Waals surface area (Å²) in [7, 11) is 0. The fourth-order valence-electron chi connectivity index (χ4n) is 3.16. The molecule has 0 aromatic heterocycles. The first kappa shape index (κ1) is 13.2. The van der Waals surface area contributed by atoms with E-state index in [-0.39, 0.29) is 0 Å². The average molecular weight is 266 g/mol. The van der Waals surface area contributed by atoms with Crippen LogP contribution >= 0.6 is 0 Å². The fraction of sp³-hybridized carbons (Fsp3) is 0.857. The third-order valence-corrected chi connectivity index (χ3v) is 4.53. The lowest BCUT2D eigenvalue weighted by Gasteiger charge is -2.34. The highest BCUT2D eigenvalue weighted by atomic mass is 16.5. The van der Waals surface area contributed by atoms with E-state index >= 15 is 0 Å². The molecule has 0 amide bonds. The molecule has 5 nitrogen and oxygen atoms in total. The molecule has 2 fully saturated rings. The van der Waals surface area contributed by atoms with Crippen LogP contribution in [0, 0.1) is 5.92 Å². The van der Waals surface area contributed by atoms with Gasteiger partial charge in [0.2, 0.25) is 0 Å². The molecule has 3 rings (SSSR count). The molecule has 108 valence electrons. The summed E-state index contributed by atoms with van der Waals surface area (Å²) in [5, 5.41) is 2.18. The Labute approximate surface area is 115 Å². The number of nitrogens with zero attached hydrogens (tertiary/aromatic N) is 2. The molecule has 2 N–H and O–H groups in total. The van der Waals surface area contributed by atoms with E-state index in [1.165, 1.54) is 31.4 Å². The highest BCUT2D eigenvalue weighted by Gasteiger charge is 2.24. The van der Waals surface area contributed by atoms with Crippen molar-refractivity contribution in [3.63, 3.8) is 0 Å². The van der Waals surface area contributed by atoms with Gasteiger partial charge in [-0.3, -0.25) is 9.91 Å². The number of piperazine rings is 1. The van der Waals surface area contributed by atoms with Gasteiger partial charge >= 0.3 is 0 Å². The van der Waals surface area contributed by atoms with Gasteiger partial charge in [0.15, 0.2) is 0 Å². The zero-order valence-electron chi connectivity index (χ0n) is 11.9. The average Bonchev–Trinajstić information content (AvgIpc) is 2.88. The summed E-state index contributed by atoms with van der Waals surface area (Å²) in [6.45, 7) is 7.46. The smallest absolute Gasteiger partial charge is 0.0623 e. The lowest BCUT2D eigenvalue weighted by Crippen LogP contribution is -2.49. The maximum absolute atomic E-state index is 6.04. The Kier molecular flexibility index (Phi) is 4.25. The van der Waals surface area contributed by atoms with Crippen molar-refractivity contribution in [3.05, 3.63) is 11.9 Å². The molecule has 0 spiro atoms. The third kappa shape index (κ3) is 3.41. The number of hydrogen-bond donors (Lipinski definition) is 2. The largest absolute Gasteiger partial charge is 0.377 e. The molecule has 1 saturated carbocycles. The van der Waals surface area contributed by atoms with Crippen LogP contribution < -0.4 is 11.0 Å². The van der Waals surface area contributed by atoms with Gasteiger partial charge in [-0.05, 0) is 31.6 Å². The first-order valence-corrected chi connectivity index (χ1v) is 7.63. The minimum atomic E-state index is 0.520. The normalized spacial score (nSPS) is 31.8. The highest BCUT2D eigenvalue weighted by Crippen LogP contribution is 2.25. The minimum absolute atomic E-state index is 0.520. The van der Waals surface area contributed by atoms with Crippen molar-refractivity contribution in [2.24, 2.45) is 5.92 Å². The Hall–Kier alpha value is -0.780. The Morgan fingerprint density at radius 1 is 1.26 bits per heavy atom. The van der Waals surface area contributed by atoms with Gasteiger partial charge in [0.25, 0.3) is 0 Å². The van der Waals surface area contributed by atoms with Crippen molar-refractivity contribution in [3.8, 4) is 0 Å². The van der Waals surface area contributed by atoms with Crippen molar-refractivity contribution in [2.75, 3.05) is 32.8 Å². The molecule has 1 saturated heterocycles.